The third-order valence-electron chi connectivity index (χ3n) is 2.65. The monoisotopic (exact) mass is 239 g/mol. The molecular weight excluding hydrogens is 218 g/mol. The summed E-state index contributed by atoms with van der Waals surface area (Å²) in [6, 6.07) is 3.77. The highest BCUT2D eigenvalue weighted by molar-refractivity contribution is 5.64. The second-order valence-electron chi connectivity index (χ2n) is 4.64. The van der Waals surface area contributed by atoms with E-state index in [9.17, 15) is 5.11 Å². The van der Waals surface area contributed by atoms with Crippen molar-refractivity contribution in [3.8, 4) is 11.5 Å². The van der Waals surface area contributed by atoms with Gasteiger partial charge in [-0.1, -0.05) is 0 Å². The van der Waals surface area contributed by atoms with Crippen LogP contribution in [-0.4, -0.2) is 31.5 Å². The molecule has 1 aromatic carbocycles. The number of rotatable bonds is 5. The van der Waals surface area contributed by atoms with Crippen LogP contribution in [0.3, 0.4) is 0 Å². The average Bonchev–Trinajstić information content (AvgIpc) is 2.29. The van der Waals surface area contributed by atoms with Gasteiger partial charge < -0.3 is 19.9 Å². The molecule has 0 heterocycles. The van der Waals surface area contributed by atoms with Gasteiger partial charge in [0.1, 0.15) is 11.5 Å². The molecule has 0 amide bonds. The Morgan fingerprint density at radius 1 is 1.24 bits per heavy atom. The van der Waals surface area contributed by atoms with Gasteiger partial charge >= 0.3 is 0 Å². The second kappa shape index (κ2) is 5.27. The van der Waals surface area contributed by atoms with Crippen molar-refractivity contribution >= 4 is 5.69 Å². The lowest BCUT2D eigenvalue weighted by Crippen LogP contribution is -2.35. The number of anilines is 1. The molecule has 0 aliphatic carbocycles. The van der Waals surface area contributed by atoms with Gasteiger partial charge in [0, 0.05) is 5.56 Å². The van der Waals surface area contributed by atoms with E-state index < -0.39 is 5.54 Å². The molecule has 96 valence electrons. The molecule has 0 aliphatic rings. The highest BCUT2D eigenvalue weighted by Gasteiger charge is 2.19. The highest BCUT2D eigenvalue weighted by atomic mass is 16.5. The fourth-order valence-electron chi connectivity index (χ4n) is 1.66. The van der Waals surface area contributed by atoms with Gasteiger partial charge in [-0.15, -0.1) is 0 Å². The zero-order valence-electron chi connectivity index (χ0n) is 11.1. The first-order valence-corrected chi connectivity index (χ1v) is 5.56. The molecule has 0 spiro atoms. The number of methoxy groups -OCH3 is 2. The van der Waals surface area contributed by atoms with Crippen molar-refractivity contribution in [1.29, 1.82) is 0 Å². The summed E-state index contributed by atoms with van der Waals surface area (Å²) in [7, 11) is 3.26. The minimum atomic E-state index is -0.395. The van der Waals surface area contributed by atoms with Crippen LogP contribution in [0.2, 0.25) is 0 Å². The number of aliphatic hydroxyl groups excluding tert-OH is 1. The molecule has 0 aliphatic heterocycles. The standard InChI is InChI=1S/C13H21NO3/c1-9-11(16-4)7-6-10(12(9)17-5)14-13(2,3)8-15/h6-7,14-15H,8H2,1-5H3. The maximum atomic E-state index is 9.26. The van der Waals surface area contributed by atoms with Crippen LogP contribution in [0.5, 0.6) is 11.5 Å². The summed E-state index contributed by atoms with van der Waals surface area (Å²) in [6.07, 6.45) is 0. The number of nitrogens with one attached hydrogen (secondary N) is 1. The predicted octanol–water partition coefficient (Wildman–Crippen LogP) is 2.20. The van der Waals surface area contributed by atoms with Crippen LogP contribution in [0.4, 0.5) is 5.69 Å². The smallest absolute Gasteiger partial charge is 0.148 e. The number of benzene rings is 1. The van der Waals surface area contributed by atoms with Crippen LogP contribution in [0, 0.1) is 6.92 Å². The van der Waals surface area contributed by atoms with E-state index in [0.717, 1.165) is 22.7 Å². The Morgan fingerprint density at radius 2 is 1.88 bits per heavy atom. The number of aliphatic hydroxyl groups is 1. The molecule has 0 atom stereocenters. The summed E-state index contributed by atoms with van der Waals surface area (Å²) in [5.74, 6) is 1.53. The van der Waals surface area contributed by atoms with Crippen LogP contribution < -0.4 is 14.8 Å². The molecule has 1 rings (SSSR count). The summed E-state index contributed by atoms with van der Waals surface area (Å²) in [5, 5.41) is 12.5. The first kappa shape index (κ1) is 13.6. The van der Waals surface area contributed by atoms with E-state index >= 15 is 0 Å². The Hall–Kier alpha value is -1.42. The molecule has 0 fully saturated rings. The molecular formula is C13H21NO3. The van der Waals surface area contributed by atoms with E-state index in [1.54, 1.807) is 14.2 Å². The molecule has 0 aromatic heterocycles. The lowest BCUT2D eigenvalue weighted by atomic mass is 10.1. The molecule has 0 bridgehead atoms. The Kier molecular flexibility index (Phi) is 4.23. The Labute approximate surface area is 103 Å². The van der Waals surface area contributed by atoms with Crippen LogP contribution in [0.25, 0.3) is 0 Å². The molecule has 0 unspecified atom stereocenters. The van der Waals surface area contributed by atoms with Crippen LogP contribution >= 0.6 is 0 Å². The van der Waals surface area contributed by atoms with Crippen LogP contribution in [-0.2, 0) is 0 Å². The first-order chi connectivity index (χ1) is 7.95. The number of hydrogen-bond acceptors (Lipinski definition) is 4. The molecule has 4 nitrogen and oxygen atoms in total. The van der Waals surface area contributed by atoms with Gasteiger partial charge in [0.15, 0.2) is 0 Å². The van der Waals surface area contributed by atoms with Gasteiger partial charge in [0.05, 0.1) is 32.1 Å². The quantitative estimate of drug-likeness (QED) is 0.827. The number of hydrogen-bond donors (Lipinski definition) is 2. The Morgan fingerprint density at radius 3 is 2.35 bits per heavy atom. The van der Waals surface area contributed by atoms with Gasteiger partial charge in [0.2, 0.25) is 0 Å². The zero-order valence-corrected chi connectivity index (χ0v) is 11.1. The fraction of sp³-hybridized carbons (Fsp3) is 0.538. The van der Waals surface area contributed by atoms with Crippen molar-refractivity contribution in [1.82, 2.24) is 0 Å². The first-order valence-electron chi connectivity index (χ1n) is 5.56. The SMILES string of the molecule is COc1ccc(NC(C)(C)CO)c(OC)c1C. The zero-order chi connectivity index (χ0) is 13.1. The molecule has 2 N–H and O–H groups in total. The van der Waals surface area contributed by atoms with Crippen molar-refractivity contribution < 1.29 is 14.6 Å². The summed E-state index contributed by atoms with van der Waals surface area (Å²) in [5.41, 5.74) is 1.40. The van der Waals surface area contributed by atoms with Crippen LogP contribution in [0.15, 0.2) is 12.1 Å². The fourth-order valence-corrected chi connectivity index (χ4v) is 1.66. The van der Waals surface area contributed by atoms with E-state index in [1.165, 1.54) is 0 Å². The third kappa shape index (κ3) is 3.03. The van der Waals surface area contributed by atoms with Gasteiger partial charge in [0.25, 0.3) is 0 Å². The third-order valence-corrected chi connectivity index (χ3v) is 2.65. The summed E-state index contributed by atoms with van der Waals surface area (Å²) >= 11 is 0. The van der Waals surface area contributed by atoms with Crippen LogP contribution in [0.1, 0.15) is 19.4 Å². The maximum absolute atomic E-state index is 9.26. The van der Waals surface area contributed by atoms with Crippen molar-refractivity contribution in [2.75, 3.05) is 26.1 Å². The molecule has 0 saturated carbocycles. The largest absolute Gasteiger partial charge is 0.496 e. The molecule has 4 heteroatoms. The lowest BCUT2D eigenvalue weighted by Gasteiger charge is -2.27. The van der Waals surface area contributed by atoms with Crippen molar-refractivity contribution in [2.45, 2.75) is 26.3 Å². The Balaban J connectivity index is 3.13. The lowest BCUT2D eigenvalue weighted by molar-refractivity contribution is 0.233. The van der Waals surface area contributed by atoms with Gasteiger partial charge in [-0.05, 0) is 32.9 Å². The second-order valence-corrected chi connectivity index (χ2v) is 4.64. The Bertz CT molecular complexity index is 388. The summed E-state index contributed by atoms with van der Waals surface area (Å²) < 4.78 is 10.6. The minimum absolute atomic E-state index is 0.0429. The van der Waals surface area contributed by atoms with Crippen molar-refractivity contribution in [3.63, 3.8) is 0 Å². The molecule has 0 radical (unpaired) electrons. The summed E-state index contributed by atoms with van der Waals surface area (Å²) in [4.78, 5) is 0. The minimum Gasteiger partial charge on any atom is -0.496 e. The van der Waals surface area contributed by atoms with Crippen molar-refractivity contribution in [2.24, 2.45) is 0 Å². The highest BCUT2D eigenvalue weighted by Crippen LogP contribution is 2.36. The predicted molar refractivity (Wildman–Crippen MR) is 69.1 cm³/mol. The molecule has 17 heavy (non-hydrogen) atoms. The average molecular weight is 239 g/mol. The van der Waals surface area contributed by atoms with Gasteiger partial charge in [-0.2, -0.15) is 0 Å². The van der Waals surface area contributed by atoms with Gasteiger partial charge in [-0.3, -0.25) is 0 Å². The van der Waals surface area contributed by atoms with Gasteiger partial charge in [-0.25, -0.2) is 0 Å². The molecule has 0 saturated heterocycles. The van der Waals surface area contributed by atoms with E-state index in [1.807, 2.05) is 32.9 Å². The van der Waals surface area contributed by atoms with E-state index in [0.29, 0.717) is 0 Å². The van der Waals surface area contributed by atoms with Crippen molar-refractivity contribution in [3.05, 3.63) is 17.7 Å². The number of ether oxygens (including phenoxy) is 2. The maximum Gasteiger partial charge on any atom is 0.148 e. The topological polar surface area (TPSA) is 50.7 Å². The van der Waals surface area contributed by atoms with E-state index in [2.05, 4.69) is 5.32 Å². The normalized spacial score (nSPS) is 11.2. The summed E-state index contributed by atoms with van der Waals surface area (Å²) in [6.45, 7) is 5.83. The molecule has 1 aromatic rings. The van der Waals surface area contributed by atoms with E-state index in [4.69, 9.17) is 9.47 Å². The van der Waals surface area contributed by atoms with E-state index in [-0.39, 0.29) is 6.61 Å².